The Hall–Kier alpha value is -0.620. The van der Waals surface area contributed by atoms with Crippen molar-refractivity contribution >= 4 is 11.3 Å². The van der Waals surface area contributed by atoms with Gasteiger partial charge in [0, 0.05) is 25.2 Å². The van der Waals surface area contributed by atoms with Gasteiger partial charge in [0.15, 0.2) is 0 Å². The molecule has 1 fully saturated rings. The second-order valence-corrected chi connectivity index (χ2v) is 5.97. The van der Waals surface area contributed by atoms with Crippen LogP contribution in [0.4, 0.5) is 8.78 Å². The molecular formula is C12H19F2N3S. The zero-order valence-corrected chi connectivity index (χ0v) is 11.4. The SMILES string of the molecule is CNCCCc1nnc(C2CCC(F)(F)CC2)s1. The molecule has 0 spiro atoms. The van der Waals surface area contributed by atoms with Gasteiger partial charge in [0.25, 0.3) is 0 Å². The maximum atomic E-state index is 13.1. The van der Waals surface area contributed by atoms with Gasteiger partial charge in [-0.05, 0) is 32.9 Å². The van der Waals surface area contributed by atoms with Crippen LogP contribution in [0.3, 0.4) is 0 Å². The van der Waals surface area contributed by atoms with E-state index in [0.29, 0.717) is 12.8 Å². The first-order valence-electron chi connectivity index (χ1n) is 6.45. The molecule has 0 saturated heterocycles. The molecule has 0 radical (unpaired) electrons. The number of rotatable bonds is 5. The summed E-state index contributed by atoms with van der Waals surface area (Å²) in [4.78, 5) is 0. The molecular weight excluding hydrogens is 256 g/mol. The number of halogens is 2. The number of hydrogen-bond donors (Lipinski definition) is 1. The Morgan fingerprint density at radius 1 is 1.33 bits per heavy atom. The standard InChI is InChI=1S/C12H19F2N3S/c1-15-8-2-3-10-16-17-11(18-10)9-4-6-12(13,14)7-5-9/h9,15H,2-8H2,1H3. The maximum absolute atomic E-state index is 13.1. The molecule has 1 heterocycles. The number of hydrogen-bond acceptors (Lipinski definition) is 4. The number of nitrogens with one attached hydrogen (secondary N) is 1. The van der Waals surface area contributed by atoms with Crippen molar-refractivity contribution in [3.8, 4) is 0 Å². The molecule has 18 heavy (non-hydrogen) atoms. The van der Waals surface area contributed by atoms with Crippen LogP contribution in [0.2, 0.25) is 0 Å². The maximum Gasteiger partial charge on any atom is 0.248 e. The van der Waals surface area contributed by atoms with Crippen molar-refractivity contribution in [2.45, 2.75) is 50.4 Å². The van der Waals surface area contributed by atoms with E-state index in [1.54, 1.807) is 11.3 Å². The predicted octanol–water partition coefficient (Wildman–Crippen LogP) is 2.98. The van der Waals surface area contributed by atoms with E-state index in [4.69, 9.17) is 0 Å². The minimum absolute atomic E-state index is 0.00760. The van der Waals surface area contributed by atoms with Crippen molar-refractivity contribution in [1.29, 1.82) is 0 Å². The lowest BCUT2D eigenvalue weighted by molar-refractivity contribution is -0.0382. The molecule has 6 heteroatoms. The topological polar surface area (TPSA) is 37.8 Å². The average molecular weight is 275 g/mol. The van der Waals surface area contributed by atoms with Crippen molar-refractivity contribution in [3.63, 3.8) is 0 Å². The van der Waals surface area contributed by atoms with Gasteiger partial charge in [0.2, 0.25) is 5.92 Å². The second-order valence-electron chi connectivity index (χ2n) is 4.87. The number of nitrogens with zero attached hydrogens (tertiary/aromatic N) is 2. The molecule has 1 saturated carbocycles. The molecule has 1 aromatic rings. The molecule has 1 aliphatic carbocycles. The quantitative estimate of drug-likeness (QED) is 0.839. The molecule has 0 bridgehead atoms. The summed E-state index contributed by atoms with van der Waals surface area (Å²) in [5.74, 6) is -2.27. The fourth-order valence-electron chi connectivity index (χ4n) is 2.24. The highest BCUT2D eigenvalue weighted by atomic mass is 32.1. The Kier molecular flexibility index (Phi) is 4.61. The Bertz CT molecular complexity index is 371. The minimum atomic E-state index is -2.46. The summed E-state index contributed by atoms with van der Waals surface area (Å²) in [6.45, 7) is 0.963. The first kappa shape index (κ1) is 13.8. The van der Waals surface area contributed by atoms with Crippen LogP contribution >= 0.6 is 11.3 Å². The van der Waals surface area contributed by atoms with E-state index in [0.717, 1.165) is 29.4 Å². The van der Waals surface area contributed by atoms with Gasteiger partial charge in [-0.1, -0.05) is 0 Å². The first-order chi connectivity index (χ1) is 8.61. The van der Waals surface area contributed by atoms with Crippen LogP contribution in [0, 0.1) is 0 Å². The van der Waals surface area contributed by atoms with Gasteiger partial charge in [-0.15, -0.1) is 21.5 Å². The fourth-order valence-corrected chi connectivity index (χ4v) is 3.29. The Morgan fingerprint density at radius 2 is 2.06 bits per heavy atom. The van der Waals surface area contributed by atoms with E-state index in [1.807, 2.05) is 7.05 Å². The van der Waals surface area contributed by atoms with Crippen LogP contribution in [0.1, 0.15) is 48.0 Å². The van der Waals surface area contributed by atoms with Crippen LogP contribution in [0.5, 0.6) is 0 Å². The number of alkyl halides is 2. The molecule has 0 aromatic carbocycles. The van der Waals surface area contributed by atoms with Gasteiger partial charge < -0.3 is 5.32 Å². The smallest absolute Gasteiger partial charge is 0.248 e. The van der Waals surface area contributed by atoms with Crippen LogP contribution in [0.15, 0.2) is 0 Å². The molecule has 2 rings (SSSR count). The van der Waals surface area contributed by atoms with Gasteiger partial charge >= 0.3 is 0 Å². The Morgan fingerprint density at radius 3 is 2.72 bits per heavy atom. The fraction of sp³-hybridized carbons (Fsp3) is 0.833. The summed E-state index contributed by atoms with van der Waals surface area (Å²) in [7, 11) is 1.92. The zero-order chi connectivity index (χ0) is 13.0. The van der Waals surface area contributed by atoms with Gasteiger partial charge in [0.05, 0.1) is 0 Å². The van der Waals surface area contributed by atoms with Crippen molar-refractivity contribution in [1.82, 2.24) is 15.5 Å². The van der Waals surface area contributed by atoms with E-state index in [9.17, 15) is 8.78 Å². The summed E-state index contributed by atoms with van der Waals surface area (Å²) < 4.78 is 26.1. The molecule has 0 amide bonds. The van der Waals surface area contributed by atoms with E-state index >= 15 is 0 Å². The van der Waals surface area contributed by atoms with Crippen LogP contribution in [-0.2, 0) is 6.42 Å². The molecule has 1 aromatic heterocycles. The summed E-state index contributed by atoms with van der Waals surface area (Å²) in [5.41, 5.74) is 0. The molecule has 0 atom stereocenters. The Labute approximate surface area is 110 Å². The van der Waals surface area contributed by atoms with Gasteiger partial charge in [-0.25, -0.2) is 8.78 Å². The van der Waals surface area contributed by atoms with Gasteiger partial charge in [0.1, 0.15) is 10.0 Å². The zero-order valence-electron chi connectivity index (χ0n) is 10.6. The monoisotopic (exact) mass is 275 g/mol. The summed E-state index contributed by atoms with van der Waals surface area (Å²) in [6.07, 6.45) is 3.02. The first-order valence-corrected chi connectivity index (χ1v) is 7.27. The summed E-state index contributed by atoms with van der Waals surface area (Å²) >= 11 is 1.60. The van der Waals surface area contributed by atoms with E-state index in [-0.39, 0.29) is 18.8 Å². The third-order valence-electron chi connectivity index (χ3n) is 3.37. The highest BCUT2D eigenvalue weighted by Gasteiger charge is 2.36. The second kappa shape index (κ2) is 6.02. The summed E-state index contributed by atoms with van der Waals surface area (Å²) in [5, 5.41) is 13.4. The molecule has 0 aliphatic heterocycles. The van der Waals surface area contributed by atoms with Gasteiger partial charge in [-0.3, -0.25) is 0 Å². The highest BCUT2D eigenvalue weighted by Crippen LogP contribution is 2.41. The molecule has 1 N–H and O–H groups in total. The highest BCUT2D eigenvalue weighted by molar-refractivity contribution is 7.11. The lowest BCUT2D eigenvalue weighted by Gasteiger charge is -2.26. The van der Waals surface area contributed by atoms with Crippen molar-refractivity contribution in [2.75, 3.05) is 13.6 Å². The van der Waals surface area contributed by atoms with E-state index in [2.05, 4.69) is 15.5 Å². The number of aryl methyl sites for hydroxylation is 1. The van der Waals surface area contributed by atoms with Crippen molar-refractivity contribution in [2.24, 2.45) is 0 Å². The largest absolute Gasteiger partial charge is 0.320 e. The van der Waals surface area contributed by atoms with Crippen LogP contribution in [-0.4, -0.2) is 29.7 Å². The van der Waals surface area contributed by atoms with Crippen LogP contribution in [0.25, 0.3) is 0 Å². The van der Waals surface area contributed by atoms with Crippen molar-refractivity contribution < 1.29 is 8.78 Å². The number of aromatic nitrogens is 2. The third kappa shape index (κ3) is 3.68. The van der Waals surface area contributed by atoms with Crippen molar-refractivity contribution in [3.05, 3.63) is 10.0 Å². The molecule has 102 valence electrons. The predicted molar refractivity (Wildman–Crippen MR) is 68.3 cm³/mol. The average Bonchev–Trinajstić information content (AvgIpc) is 2.78. The van der Waals surface area contributed by atoms with E-state index in [1.165, 1.54) is 0 Å². The molecule has 1 aliphatic rings. The van der Waals surface area contributed by atoms with Gasteiger partial charge in [-0.2, -0.15) is 0 Å². The van der Waals surface area contributed by atoms with Crippen LogP contribution < -0.4 is 5.32 Å². The minimum Gasteiger partial charge on any atom is -0.320 e. The van der Waals surface area contributed by atoms with E-state index < -0.39 is 5.92 Å². The normalized spacial score (nSPS) is 20.2. The summed E-state index contributed by atoms with van der Waals surface area (Å²) in [6, 6.07) is 0. The molecule has 0 unspecified atom stereocenters. The molecule has 3 nitrogen and oxygen atoms in total. The lowest BCUT2D eigenvalue weighted by atomic mass is 9.87. The lowest BCUT2D eigenvalue weighted by Crippen LogP contribution is -2.23. The Balaban J connectivity index is 1.86. The third-order valence-corrected chi connectivity index (χ3v) is 4.51.